The van der Waals surface area contributed by atoms with Crippen molar-refractivity contribution in [3.8, 4) is 5.75 Å². The maximum absolute atomic E-state index is 12.5. The second-order valence-corrected chi connectivity index (χ2v) is 7.68. The standard InChI is InChI=1S/C22H29N3O3/c1-15-17(21(27)25-16(2)24-15)10-11-20(26)23-14-22(12-6-7-13-22)18-8-4-5-9-19(18)28-3/h4-5,8-9H,6-7,10-14H2,1-3H3,(H,23,26)(H,24,25,27). The zero-order chi connectivity index (χ0) is 20.1. The van der Waals surface area contributed by atoms with Crippen molar-refractivity contribution in [2.45, 2.75) is 57.8 Å². The number of amides is 1. The van der Waals surface area contributed by atoms with Crippen LogP contribution in [-0.2, 0) is 16.6 Å². The van der Waals surface area contributed by atoms with Gasteiger partial charge in [-0.05, 0) is 39.2 Å². The third-order valence-corrected chi connectivity index (χ3v) is 5.81. The summed E-state index contributed by atoms with van der Waals surface area (Å²) in [5.41, 5.74) is 2.21. The van der Waals surface area contributed by atoms with Crippen molar-refractivity contribution in [1.82, 2.24) is 15.3 Å². The largest absolute Gasteiger partial charge is 0.496 e. The van der Waals surface area contributed by atoms with Gasteiger partial charge in [0.15, 0.2) is 0 Å². The van der Waals surface area contributed by atoms with Crippen LogP contribution in [0.3, 0.4) is 0 Å². The summed E-state index contributed by atoms with van der Waals surface area (Å²) in [5, 5.41) is 3.11. The number of carbonyl (C=O) groups is 1. The van der Waals surface area contributed by atoms with Gasteiger partial charge >= 0.3 is 0 Å². The van der Waals surface area contributed by atoms with E-state index in [9.17, 15) is 9.59 Å². The average Bonchev–Trinajstić information content (AvgIpc) is 3.15. The van der Waals surface area contributed by atoms with E-state index in [1.54, 1.807) is 14.0 Å². The topological polar surface area (TPSA) is 84.1 Å². The lowest BCUT2D eigenvalue weighted by molar-refractivity contribution is -0.121. The third-order valence-electron chi connectivity index (χ3n) is 5.81. The van der Waals surface area contributed by atoms with Crippen molar-refractivity contribution in [2.75, 3.05) is 13.7 Å². The van der Waals surface area contributed by atoms with Gasteiger partial charge in [0.1, 0.15) is 11.6 Å². The molecule has 1 heterocycles. The van der Waals surface area contributed by atoms with E-state index in [0.29, 0.717) is 30.0 Å². The number of carbonyl (C=O) groups excluding carboxylic acids is 1. The maximum Gasteiger partial charge on any atom is 0.254 e. The second-order valence-electron chi connectivity index (χ2n) is 7.68. The molecule has 1 amide bonds. The van der Waals surface area contributed by atoms with Gasteiger partial charge in [-0.15, -0.1) is 0 Å². The number of H-pyrrole nitrogens is 1. The zero-order valence-corrected chi connectivity index (χ0v) is 16.9. The first-order valence-electron chi connectivity index (χ1n) is 9.92. The molecule has 1 saturated carbocycles. The van der Waals surface area contributed by atoms with Gasteiger partial charge in [0.05, 0.1) is 7.11 Å². The van der Waals surface area contributed by atoms with Gasteiger partial charge < -0.3 is 15.0 Å². The molecule has 1 aromatic carbocycles. The molecule has 3 rings (SSSR count). The molecule has 0 spiro atoms. The Hall–Kier alpha value is -2.63. The van der Waals surface area contributed by atoms with Gasteiger partial charge in [-0.1, -0.05) is 31.0 Å². The summed E-state index contributed by atoms with van der Waals surface area (Å²) in [6, 6.07) is 8.09. The summed E-state index contributed by atoms with van der Waals surface area (Å²) in [5.74, 6) is 1.43. The summed E-state index contributed by atoms with van der Waals surface area (Å²) < 4.78 is 5.57. The van der Waals surface area contributed by atoms with Crippen LogP contribution in [0.4, 0.5) is 0 Å². The van der Waals surface area contributed by atoms with Crippen LogP contribution in [0.25, 0.3) is 0 Å². The van der Waals surface area contributed by atoms with Crippen molar-refractivity contribution in [2.24, 2.45) is 0 Å². The molecule has 6 heteroatoms. The SMILES string of the molecule is COc1ccccc1C1(CNC(=O)CCc2c(C)nc(C)[nH]c2=O)CCCC1. The van der Waals surface area contributed by atoms with E-state index < -0.39 is 0 Å². The number of para-hydroxylation sites is 1. The molecule has 1 aliphatic rings. The zero-order valence-electron chi connectivity index (χ0n) is 16.9. The Balaban J connectivity index is 1.66. The van der Waals surface area contributed by atoms with Gasteiger partial charge in [0.25, 0.3) is 5.56 Å². The highest BCUT2D eigenvalue weighted by molar-refractivity contribution is 5.76. The number of nitrogens with zero attached hydrogens (tertiary/aromatic N) is 1. The Morgan fingerprint density at radius 2 is 1.96 bits per heavy atom. The van der Waals surface area contributed by atoms with E-state index >= 15 is 0 Å². The number of methoxy groups -OCH3 is 1. The molecule has 0 atom stereocenters. The molecule has 0 saturated heterocycles. The summed E-state index contributed by atoms with van der Waals surface area (Å²) in [6.45, 7) is 4.15. The van der Waals surface area contributed by atoms with Crippen LogP contribution in [0.1, 0.15) is 54.7 Å². The fourth-order valence-electron chi connectivity index (χ4n) is 4.32. The Morgan fingerprint density at radius 3 is 2.64 bits per heavy atom. The molecule has 1 fully saturated rings. The molecule has 2 aromatic rings. The fourth-order valence-corrected chi connectivity index (χ4v) is 4.32. The second kappa shape index (κ2) is 8.59. The van der Waals surface area contributed by atoms with Crippen molar-refractivity contribution >= 4 is 5.91 Å². The van der Waals surface area contributed by atoms with E-state index in [-0.39, 0.29) is 23.3 Å². The minimum absolute atomic E-state index is 0.0412. The van der Waals surface area contributed by atoms with Gasteiger partial charge in [-0.3, -0.25) is 9.59 Å². The van der Waals surface area contributed by atoms with E-state index in [1.165, 1.54) is 5.56 Å². The lowest BCUT2D eigenvalue weighted by Gasteiger charge is -2.31. The lowest BCUT2D eigenvalue weighted by atomic mass is 9.78. The van der Waals surface area contributed by atoms with Crippen molar-refractivity contribution in [3.05, 3.63) is 57.3 Å². The van der Waals surface area contributed by atoms with E-state index in [0.717, 1.165) is 31.4 Å². The van der Waals surface area contributed by atoms with Gasteiger partial charge in [-0.25, -0.2) is 4.98 Å². The molecular weight excluding hydrogens is 354 g/mol. The van der Waals surface area contributed by atoms with E-state index in [1.807, 2.05) is 25.1 Å². The average molecular weight is 383 g/mol. The van der Waals surface area contributed by atoms with Gasteiger partial charge in [0, 0.05) is 35.2 Å². The van der Waals surface area contributed by atoms with Gasteiger partial charge in [0.2, 0.25) is 5.91 Å². The number of rotatable bonds is 7. The van der Waals surface area contributed by atoms with Crippen molar-refractivity contribution in [1.29, 1.82) is 0 Å². The number of benzene rings is 1. The van der Waals surface area contributed by atoms with Crippen LogP contribution in [-0.4, -0.2) is 29.5 Å². The predicted octanol–water partition coefficient (Wildman–Crippen LogP) is 2.96. The van der Waals surface area contributed by atoms with E-state index in [2.05, 4.69) is 21.4 Å². The molecule has 0 bridgehead atoms. The number of aromatic nitrogens is 2. The Kier molecular flexibility index (Phi) is 6.17. The fraction of sp³-hybridized carbons (Fsp3) is 0.500. The molecule has 0 radical (unpaired) electrons. The van der Waals surface area contributed by atoms with Gasteiger partial charge in [-0.2, -0.15) is 0 Å². The van der Waals surface area contributed by atoms with Crippen LogP contribution in [0.15, 0.2) is 29.1 Å². The van der Waals surface area contributed by atoms with Crippen LogP contribution >= 0.6 is 0 Å². The summed E-state index contributed by atoms with van der Waals surface area (Å²) >= 11 is 0. The number of ether oxygens (including phenoxy) is 1. The summed E-state index contributed by atoms with van der Waals surface area (Å²) in [4.78, 5) is 31.6. The molecule has 0 aliphatic heterocycles. The Bertz CT molecular complexity index is 898. The number of hydrogen-bond acceptors (Lipinski definition) is 4. The minimum atomic E-state index is -0.154. The monoisotopic (exact) mass is 383 g/mol. The quantitative estimate of drug-likeness (QED) is 0.770. The molecule has 28 heavy (non-hydrogen) atoms. The van der Waals surface area contributed by atoms with Crippen molar-refractivity contribution in [3.63, 3.8) is 0 Å². The molecule has 0 unspecified atom stereocenters. The maximum atomic E-state index is 12.5. The molecule has 6 nitrogen and oxygen atoms in total. The van der Waals surface area contributed by atoms with E-state index in [4.69, 9.17) is 4.74 Å². The van der Waals surface area contributed by atoms with Crippen LogP contribution < -0.4 is 15.6 Å². The third kappa shape index (κ3) is 4.26. The van der Waals surface area contributed by atoms with Crippen LogP contribution in [0.2, 0.25) is 0 Å². The van der Waals surface area contributed by atoms with Crippen LogP contribution in [0, 0.1) is 13.8 Å². The first-order chi connectivity index (χ1) is 13.4. The molecule has 1 aliphatic carbocycles. The lowest BCUT2D eigenvalue weighted by Crippen LogP contribution is -2.39. The first kappa shape index (κ1) is 20.1. The summed E-state index contributed by atoms with van der Waals surface area (Å²) in [6.07, 6.45) is 5.04. The molecule has 150 valence electrons. The smallest absolute Gasteiger partial charge is 0.254 e. The summed E-state index contributed by atoms with van der Waals surface area (Å²) in [7, 11) is 1.69. The highest BCUT2D eigenvalue weighted by Crippen LogP contribution is 2.44. The minimum Gasteiger partial charge on any atom is -0.496 e. The normalized spacial score (nSPS) is 15.4. The predicted molar refractivity (Wildman–Crippen MR) is 109 cm³/mol. The Labute approximate surface area is 165 Å². The Morgan fingerprint density at radius 1 is 1.25 bits per heavy atom. The van der Waals surface area contributed by atoms with Crippen molar-refractivity contribution < 1.29 is 9.53 Å². The van der Waals surface area contributed by atoms with Crippen LogP contribution in [0.5, 0.6) is 5.75 Å². The molecule has 2 N–H and O–H groups in total. The number of aryl methyl sites for hydroxylation is 2. The first-order valence-corrected chi connectivity index (χ1v) is 9.92. The molecule has 1 aromatic heterocycles. The highest BCUT2D eigenvalue weighted by Gasteiger charge is 2.37. The highest BCUT2D eigenvalue weighted by atomic mass is 16.5. The number of nitrogens with one attached hydrogen (secondary N) is 2. The molecular formula is C22H29N3O3. The number of hydrogen-bond donors (Lipinski definition) is 2. The number of aromatic amines is 1.